The van der Waals surface area contributed by atoms with Gasteiger partial charge in [0.1, 0.15) is 34.5 Å². The summed E-state index contributed by atoms with van der Waals surface area (Å²) in [6.07, 6.45) is 1.73. The van der Waals surface area contributed by atoms with Crippen LogP contribution in [0.2, 0.25) is 5.15 Å². The summed E-state index contributed by atoms with van der Waals surface area (Å²) in [7, 11) is 0. The van der Waals surface area contributed by atoms with Crippen molar-refractivity contribution in [3.8, 4) is 5.88 Å². The molecule has 0 fully saturated rings. The Hall–Kier alpha value is -4.70. The van der Waals surface area contributed by atoms with Crippen molar-refractivity contribution in [1.82, 2.24) is 29.9 Å². The van der Waals surface area contributed by atoms with Crippen molar-refractivity contribution < 1.29 is 19.4 Å². The van der Waals surface area contributed by atoms with Gasteiger partial charge in [-0.25, -0.2) is 24.9 Å². The van der Waals surface area contributed by atoms with E-state index in [-0.39, 0.29) is 36.1 Å². The van der Waals surface area contributed by atoms with Crippen LogP contribution in [0.15, 0.2) is 72.8 Å². The Balaban J connectivity index is 0.000000285. The van der Waals surface area contributed by atoms with Gasteiger partial charge < -0.3 is 32.4 Å². The van der Waals surface area contributed by atoms with Crippen LogP contribution < -0.4 is 27.3 Å². The Labute approximate surface area is 377 Å². The van der Waals surface area contributed by atoms with E-state index in [0.29, 0.717) is 46.8 Å². The summed E-state index contributed by atoms with van der Waals surface area (Å²) in [6, 6.07) is 22.0. The standard InChI is InChI=1S/C15H19ClN4O.C11H11ClN2O.C9H6Cl2N2.C6H14N2O.C2H6O/c1-3-9(2)13(14(17)21)20-15-10-6-4-5-7-11(10)18-12(8-16)19-15;1-2-15-11-8-5-3-4-6-9(8)13-10(7-12)14-11;10-5-8-12-7-4-2-1-3-6(7)9(11)13-8;1-3-4(2)5(7)6(8)9;1-2-3/h4-7,9,13H,3,8H2,1-2H3,(H2,17,21)(H,18,19,20);3-6H,2,7H2,1H3;1-4H,5H2;4-5H,3,7H2,1-2H3,(H2,8,9);3H,2H2,1H3/t9?,13-;;;4?,5-;/m0..0./s1. The quantitative estimate of drug-likeness (QED) is 0.0544. The fraction of sp³-hybridized carbons (Fsp3) is 0.395. The molecule has 0 radical (unpaired) electrons. The van der Waals surface area contributed by atoms with Crippen molar-refractivity contribution in [2.75, 3.05) is 18.5 Å². The molecule has 0 saturated carbocycles. The summed E-state index contributed by atoms with van der Waals surface area (Å²) < 4.78 is 5.45. The number of rotatable bonds is 13. The molecule has 6 rings (SSSR count). The van der Waals surface area contributed by atoms with Crippen molar-refractivity contribution in [2.45, 2.75) is 84.1 Å². The number of halogens is 4. The summed E-state index contributed by atoms with van der Waals surface area (Å²) in [6.45, 7) is 12.3. The number of alkyl halides is 3. The maximum Gasteiger partial charge on any atom is 0.240 e. The lowest BCUT2D eigenvalue weighted by molar-refractivity contribution is -0.120. The van der Waals surface area contributed by atoms with E-state index in [1.807, 2.05) is 107 Å². The van der Waals surface area contributed by atoms with Crippen LogP contribution in [-0.4, -0.2) is 72.1 Å². The van der Waals surface area contributed by atoms with Gasteiger partial charge in [0.2, 0.25) is 17.7 Å². The van der Waals surface area contributed by atoms with Gasteiger partial charge in [0.05, 0.1) is 52.2 Å². The van der Waals surface area contributed by atoms with E-state index in [4.69, 9.17) is 73.4 Å². The smallest absolute Gasteiger partial charge is 0.240 e. The summed E-state index contributed by atoms with van der Waals surface area (Å²) in [5, 5.41) is 13.8. The van der Waals surface area contributed by atoms with E-state index in [1.165, 1.54) is 0 Å². The highest BCUT2D eigenvalue weighted by Crippen LogP contribution is 2.25. The summed E-state index contributed by atoms with van der Waals surface area (Å²) in [5.41, 5.74) is 18.3. The van der Waals surface area contributed by atoms with E-state index in [9.17, 15) is 9.59 Å². The van der Waals surface area contributed by atoms with Gasteiger partial charge in [0, 0.05) is 17.4 Å². The average molecular weight is 919 g/mol. The monoisotopic (exact) mass is 916 g/mol. The first-order chi connectivity index (χ1) is 29.2. The molecule has 4 atom stereocenters. The number of nitrogens with zero attached hydrogens (tertiary/aromatic N) is 6. The number of aromatic nitrogens is 6. The van der Waals surface area contributed by atoms with Crippen LogP contribution in [0.4, 0.5) is 5.82 Å². The number of fused-ring (bicyclic) bond motifs is 3. The molecule has 3 aromatic heterocycles. The zero-order chi connectivity index (χ0) is 45.5. The van der Waals surface area contributed by atoms with Gasteiger partial charge in [-0.15, -0.1) is 34.8 Å². The van der Waals surface area contributed by atoms with E-state index in [1.54, 1.807) is 6.92 Å². The number of carbonyl (C=O) groups is 2. The maximum atomic E-state index is 11.7. The van der Waals surface area contributed by atoms with Crippen molar-refractivity contribution in [1.29, 1.82) is 0 Å². The van der Waals surface area contributed by atoms with E-state index < -0.39 is 18.0 Å². The molecule has 18 heteroatoms. The Bertz CT molecular complexity index is 2270. The van der Waals surface area contributed by atoms with Crippen LogP contribution in [-0.2, 0) is 27.2 Å². The summed E-state index contributed by atoms with van der Waals surface area (Å²) in [4.78, 5) is 47.7. The molecule has 2 unspecified atom stereocenters. The number of anilines is 1. The molecule has 14 nitrogen and oxygen atoms in total. The highest BCUT2D eigenvalue weighted by atomic mass is 35.5. The van der Waals surface area contributed by atoms with Gasteiger partial charge in [-0.1, -0.05) is 88.5 Å². The molecule has 6 aromatic rings. The van der Waals surface area contributed by atoms with E-state index in [2.05, 4.69) is 35.2 Å². The average Bonchev–Trinajstić information content (AvgIpc) is 3.27. The highest BCUT2D eigenvalue weighted by molar-refractivity contribution is 6.34. The first kappa shape index (κ1) is 52.4. The number of para-hydroxylation sites is 3. The Morgan fingerprint density at radius 1 is 0.656 bits per heavy atom. The molecular weight excluding hydrogens is 862 g/mol. The molecule has 0 saturated heterocycles. The number of aliphatic hydroxyl groups is 1. The third-order valence-electron chi connectivity index (χ3n) is 8.90. The number of primary amides is 2. The molecule has 0 aliphatic heterocycles. The summed E-state index contributed by atoms with van der Waals surface area (Å²) >= 11 is 23.1. The molecule has 0 spiro atoms. The maximum absolute atomic E-state index is 11.7. The van der Waals surface area contributed by atoms with Crippen LogP contribution >= 0.6 is 46.4 Å². The predicted octanol–water partition coefficient (Wildman–Crippen LogP) is 8.31. The third kappa shape index (κ3) is 16.6. The van der Waals surface area contributed by atoms with Gasteiger partial charge in [0.25, 0.3) is 0 Å². The number of benzene rings is 3. The second kappa shape index (κ2) is 28.0. The van der Waals surface area contributed by atoms with Gasteiger partial charge in [-0.05, 0) is 62.1 Å². The minimum Gasteiger partial charge on any atom is -0.477 e. The fourth-order valence-electron chi connectivity index (χ4n) is 5.25. The molecule has 2 amide bonds. The number of nitrogens with one attached hydrogen (secondary N) is 1. The first-order valence-corrected chi connectivity index (χ1v) is 21.7. The number of hydrogen-bond donors (Lipinski definition) is 5. The number of hydrogen-bond acceptors (Lipinski definition) is 12. The van der Waals surface area contributed by atoms with Gasteiger partial charge in [-0.2, -0.15) is 4.98 Å². The Morgan fingerprint density at radius 3 is 1.52 bits per heavy atom. The Morgan fingerprint density at radius 2 is 1.08 bits per heavy atom. The molecular formula is C43H56Cl4N10O4. The number of aliphatic hydroxyl groups excluding tert-OH is 1. The van der Waals surface area contributed by atoms with Gasteiger partial charge in [0.15, 0.2) is 0 Å². The molecule has 3 aromatic carbocycles. The second-order valence-corrected chi connectivity index (χ2v) is 14.4. The third-order valence-corrected chi connectivity index (χ3v) is 9.91. The second-order valence-electron chi connectivity index (χ2n) is 13.3. The lowest BCUT2D eigenvalue weighted by Crippen LogP contribution is -2.41. The lowest BCUT2D eigenvalue weighted by atomic mass is 9.98. The van der Waals surface area contributed by atoms with E-state index in [0.717, 1.165) is 45.6 Å². The molecule has 0 bridgehead atoms. The molecule has 330 valence electrons. The molecule has 8 N–H and O–H groups in total. The molecule has 0 aliphatic carbocycles. The van der Waals surface area contributed by atoms with Crippen molar-refractivity contribution in [3.05, 3.63) is 95.4 Å². The zero-order valence-electron chi connectivity index (χ0n) is 35.3. The SMILES string of the molecule is CCC(C)[C@H](N)C(N)=O.CCC(C)[C@H](Nc1nc(CCl)nc2ccccc12)C(N)=O.CCO.CCOc1nc(CCl)nc2ccccc12.ClCc1nc(Cl)c2ccccc2n1. The van der Waals surface area contributed by atoms with Crippen LogP contribution in [0.5, 0.6) is 5.88 Å². The molecule has 3 heterocycles. The minimum atomic E-state index is -0.477. The topological polar surface area (TPSA) is 231 Å². The number of ether oxygens (including phenoxy) is 1. The van der Waals surface area contributed by atoms with Crippen LogP contribution in [0.25, 0.3) is 32.7 Å². The molecule has 0 aliphatic rings. The number of nitrogens with two attached hydrogens (primary N) is 3. The first-order valence-electron chi connectivity index (χ1n) is 19.7. The molecule has 61 heavy (non-hydrogen) atoms. The van der Waals surface area contributed by atoms with Crippen molar-refractivity contribution in [2.24, 2.45) is 29.0 Å². The van der Waals surface area contributed by atoms with Crippen LogP contribution in [0.1, 0.15) is 71.9 Å². The van der Waals surface area contributed by atoms with Crippen molar-refractivity contribution in [3.63, 3.8) is 0 Å². The van der Waals surface area contributed by atoms with Gasteiger partial charge in [-0.3, -0.25) is 9.59 Å². The minimum absolute atomic E-state index is 0.107. The lowest BCUT2D eigenvalue weighted by Gasteiger charge is -2.22. The highest BCUT2D eigenvalue weighted by Gasteiger charge is 2.23. The predicted molar refractivity (Wildman–Crippen MR) is 249 cm³/mol. The van der Waals surface area contributed by atoms with Gasteiger partial charge >= 0.3 is 0 Å². The number of amides is 2. The summed E-state index contributed by atoms with van der Waals surface area (Å²) in [5.74, 6) is 3.18. The normalized spacial score (nSPS) is 12.4. The van der Waals surface area contributed by atoms with E-state index >= 15 is 0 Å². The zero-order valence-corrected chi connectivity index (χ0v) is 38.3. The number of carbonyl (C=O) groups excluding carboxylic acids is 2. The Kier molecular flexibility index (Phi) is 24.1. The largest absolute Gasteiger partial charge is 0.477 e. The fourth-order valence-corrected chi connectivity index (χ4v) is 5.86. The van der Waals surface area contributed by atoms with Crippen LogP contribution in [0.3, 0.4) is 0 Å². The van der Waals surface area contributed by atoms with Crippen molar-refractivity contribution >= 4 is 96.7 Å². The van der Waals surface area contributed by atoms with Crippen LogP contribution in [0, 0.1) is 11.8 Å².